The molecule has 1 N–H and O–H groups in total. The van der Waals surface area contributed by atoms with Gasteiger partial charge in [0.1, 0.15) is 0 Å². The van der Waals surface area contributed by atoms with Crippen LogP contribution < -0.4 is 5.32 Å². The second kappa shape index (κ2) is 8.24. The standard InChI is InChI=1S/C14H22N2.ClH/c1-2-5-9-14(10-6-3-1)15-13-16-11-7-4-8-12-16;/h4,7-9,11,15H,1-3,5-6,10,12-13H2;1H/b14-9+;. The van der Waals surface area contributed by atoms with E-state index in [0.717, 1.165) is 13.2 Å². The Morgan fingerprint density at radius 3 is 2.82 bits per heavy atom. The van der Waals surface area contributed by atoms with Crippen molar-refractivity contribution in [1.82, 2.24) is 10.2 Å². The first-order valence-electron chi connectivity index (χ1n) is 6.45. The maximum Gasteiger partial charge on any atom is 0.0871 e. The van der Waals surface area contributed by atoms with Gasteiger partial charge >= 0.3 is 0 Å². The van der Waals surface area contributed by atoms with Gasteiger partial charge in [-0.1, -0.05) is 31.1 Å². The number of hydrogen-bond acceptors (Lipinski definition) is 2. The fourth-order valence-corrected chi connectivity index (χ4v) is 2.18. The van der Waals surface area contributed by atoms with Crippen LogP contribution in [0.25, 0.3) is 0 Å². The van der Waals surface area contributed by atoms with Crippen LogP contribution in [0, 0.1) is 0 Å². The van der Waals surface area contributed by atoms with Gasteiger partial charge in [-0.2, -0.15) is 0 Å². The van der Waals surface area contributed by atoms with E-state index in [0.29, 0.717) is 0 Å². The van der Waals surface area contributed by atoms with Gasteiger partial charge in [-0.15, -0.1) is 12.4 Å². The van der Waals surface area contributed by atoms with E-state index in [1.165, 1.54) is 44.2 Å². The van der Waals surface area contributed by atoms with Crippen molar-refractivity contribution in [2.75, 3.05) is 13.2 Å². The first-order chi connectivity index (χ1) is 7.95. The highest BCUT2D eigenvalue weighted by molar-refractivity contribution is 5.85. The van der Waals surface area contributed by atoms with Crippen molar-refractivity contribution in [2.24, 2.45) is 0 Å². The van der Waals surface area contributed by atoms with Crippen molar-refractivity contribution in [3.8, 4) is 0 Å². The average molecular weight is 255 g/mol. The van der Waals surface area contributed by atoms with E-state index in [2.05, 4.69) is 40.7 Å². The molecule has 0 spiro atoms. The molecule has 0 fully saturated rings. The molecule has 0 aromatic carbocycles. The molecule has 0 amide bonds. The molecule has 2 nitrogen and oxygen atoms in total. The lowest BCUT2D eigenvalue weighted by atomic mass is 10.0. The van der Waals surface area contributed by atoms with Gasteiger partial charge in [-0.3, -0.25) is 0 Å². The Morgan fingerprint density at radius 1 is 1.12 bits per heavy atom. The van der Waals surface area contributed by atoms with Gasteiger partial charge in [0.05, 0.1) is 6.67 Å². The van der Waals surface area contributed by atoms with Crippen molar-refractivity contribution in [2.45, 2.75) is 38.5 Å². The minimum atomic E-state index is 0. The van der Waals surface area contributed by atoms with Crippen LogP contribution in [0.3, 0.4) is 0 Å². The highest BCUT2D eigenvalue weighted by Gasteiger charge is 2.03. The summed E-state index contributed by atoms with van der Waals surface area (Å²) in [6, 6.07) is 0. The maximum atomic E-state index is 3.56. The van der Waals surface area contributed by atoms with Crippen LogP contribution in [0.4, 0.5) is 0 Å². The van der Waals surface area contributed by atoms with Crippen molar-refractivity contribution in [3.05, 3.63) is 36.2 Å². The molecule has 0 radical (unpaired) electrons. The average Bonchev–Trinajstić information content (AvgIpc) is 2.29. The Morgan fingerprint density at radius 2 is 2.00 bits per heavy atom. The van der Waals surface area contributed by atoms with Crippen LogP contribution in [-0.4, -0.2) is 18.1 Å². The van der Waals surface area contributed by atoms with E-state index < -0.39 is 0 Å². The second-order valence-electron chi connectivity index (χ2n) is 4.56. The van der Waals surface area contributed by atoms with Gasteiger partial charge in [-0.25, -0.2) is 0 Å². The molecule has 0 aromatic rings. The summed E-state index contributed by atoms with van der Waals surface area (Å²) in [6.07, 6.45) is 18.9. The Balaban J connectivity index is 0.00000144. The number of halogens is 1. The molecule has 2 aliphatic rings. The number of hydrogen-bond donors (Lipinski definition) is 1. The predicted molar refractivity (Wildman–Crippen MR) is 76.0 cm³/mol. The van der Waals surface area contributed by atoms with Crippen LogP contribution in [0.5, 0.6) is 0 Å². The Labute approximate surface area is 111 Å². The van der Waals surface area contributed by atoms with Gasteiger partial charge in [0.25, 0.3) is 0 Å². The van der Waals surface area contributed by atoms with Crippen LogP contribution in [-0.2, 0) is 0 Å². The van der Waals surface area contributed by atoms with Crippen molar-refractivity contribution in [1.29, 1.82) is 0 Å². The van der Waals surface area contributed by atoms with Crippen LogP contribution in [0.15, 0.2) is 36.2 Å². The number of nitrogens with zero attached hydrogens (tertiary/aromatic N) is 1. The Kier molecular flexibility index (Phi) is 6.87. The quantitative estimate of drug-likeness (QED) is 0.828. The zero-order chi connectivity index (χ0) is 11.1. The van der Waals surface area contributed by atoms with Crippen molar-refractivity contribution in [3.63, 3.8) is 0 Å². The molecule has 96 valence electrons. The van der Waals surface area contributed by atoms with E-state index in [1.54, 1.807) is 0 Å². The fourth-order valence-electron chi connectivity index (χ4n) is 2.18. The molecule has 1 aliphatic carbocycles. The highest BCUT2D eigenvalue weighted by Crippen LogP contribution is 2.15. The third kappa shape index (κ3) is 5.31. The van der Waals surface area contributed by atoms with Crippen LogP contribution in [0.1, 0.15) is 38.5 Å². The summed E-state index contributed by atoms with van der Waals surface area (Å²) in [7, 11) is 0. The van der Waals surface area contributed by atoms with Gasteiger partial charge < -0.3 is 10.2 Å². The largest absolute Gasteiger partial charge is 0.371 e. The lowest BCUT2D eigenvalue weighted by molar-refractivity contribution is 0.384. The smallest absolute Gasteiger partial charge is 0.0871 e. The van der Waals surface area contributed by atoms with E-state index in [4.69, 9.17) is 0 Å². The molecule has 0 bridgehead atoms. The Hall–Kier alpha value is -0.890. The summed E-state index contributed by atoms with van der Waals surface area (Å²) < 4.78 is 0. The summed E-state index contributed by atoms with van der Waals surface area (Å²) in [4.78, 5) is 2.29. The first kappa shape index (κ1) is 14.2. The molecule has 1 heterocycles. The summed E-state index contributed by atoms with van der Waals surface area (Å²) in [5.74, 6) is 0. The van der Waals surface area contributed by atoms with E-state index >= 15 is 0 Å². The molecule has 0 saturated carbocycles. The third-order valence-electron chi connectivity index (χ3n) is 3.18. The monoisotopic (exact) mass is 254 g/mol. The minimum absolute atomic E-state index is 0. The van der Waals surface area contributed by atoms with Gasteiger partial charge in [0, 0.05) is 18.4 Å². The summed E-state index contributed by atoms with van der Waals surface area (Å²) in [5, 5.41) is 3.56. The van der Waals surface area contributed by atoms with E-state index in [-0.39, 0.29) is 12.4 Å². The topological polar surface area (TPSA) is 15.3 Å². The van der Waals surface area contributed by atoms with Crippen molar-refractivity contribution >= 4 is 12.4 Å². The lowest BCUT2D eigenvalue weighted by Crippen LogP contribution is -2.31. The second-order valence-corrected chi connectivity index (χ2v) is 4.56. The third-order valence-corrected chi connectivity index (χ3v) is 3.18. The minimum Gasteiger partial charge on any atom is -0.371 e. The zero-order valence-electron chi connectivity index (χ0n) is 10.4. The molecular weight excluding hydrogens is 232 g/mol. The summed E-state index contributed by atoms with van der Waals surface area (Å²) in [6.45, 7) is 1.96. The molecule has 2 rings (SSSR count). The predicted octanol–water partition coefficient (Wildman–Crippen LogP) is 3.58. The number of rotatable bonds is 3. The number of allylic oxidation sites excluding steroid dienone is 4. The van der Waals surface area contributed by atoms with Crippen LogP contribution >= 0.6 is 12.4 Å². The molecular formula is C14H23ClN2. The molecule has 17 heavy (non-hydrogen) atoms. The lowest BCUT2D eigenvalue weighted by Gasteiger charge is -2.23. The maximum absolute atomic E-state index is 3.56. The normalized spacial score (nSPS) is 23.1. The van der Waals surface area contributed by atoms with Crippen LogP contribution in [0.2, 0.25) is 0 Å². The van der Waals surface area contributed by atoms with E-state index in [1.807, 2.05) is 0 Å². The molecule has 0 atom stereocenters. The molecule has 0 saturated heterocycles. The van der Waals surface area contributed by atoms with Gasteiger partial charge in [0.15, 0.2) is 0 Å². The SMILES string of the molecule is C1=CCN(CN/C2=C/CCCCCC2)C=C1.Cl. The summed E-state index contributed by atoms with van der Waals surface area (Å²) >= 11 is 0. The van der Waals surface area contributed by atoms with Crippen molar-refractivity contribution < 1.29 is 0 Å². The van der Waals surface area contributed by atoms with E-state index in [9.17, 15) is 0 Å². The van der Waals surface area contributed by atoms with Gasteiger partial charge in [0.2, 0.25) is 0 Å². The highest BCUT2D eigenvalue weighted by atomic mass is 35.5. The van der Waals surface area contributed by atoms with Gasteiger partial charge in [-0.05, 0) is 31.8 Å². The molecule has 0 aromatic heterocycles. The molecule has 1 aliphatic heterocycles. The molecule has 3 heteroatoms. The molecule has 0 unspecified atom stereocenters. The number of nitrogens with one attached hydrogen (secondary N) is 1. The zero-order valence-corrected chi connectivity index (χ0v) is 11.2. The summed E-state index contributed by atoms with van der Waals surface area (Å²) in [5.41, 5.74) is 1.45. The fraction of sp³-hybridized carbons (Fsp3) is 0.571. The first-order valence-corrected chi connectivity index (χ1v) is 6.45. The Bertz CT molecular complexity index is 295.